The molecule has 174 valence electrons. The zero-order chi connectivity index (χ0) is 22.6. The predicted octanol–water partition coefficient (Wildman–Crippen LogP) is 3.29. The highest BCUT2D eigenvalue weighted by atomic mass is 32.1. The Balaban J connectivity index is 1.61. The van der Waals surface area contributed by atoms with E-state index in [1.54, 1.807) is 0 Å². The number of thiocarbonyl (C=S) groups is 1. The lowest BCUT2D eigenvalue weighted by Gasteiger charge is -2.39. The van der Waals surface area contributed by atoms with Crippen molar-refractivity contribution in [1.29, 1.82) is 0 Å². The summed E-state index contributed by atoms with van der Waals surface area (Å²) in [6, 6.07) is 8.91. The van der Waals surface area contributed by atoms with E-state index in [4.69, 9.17) is 12.2 Å². The number of nitrogens with one attached hydrogen (secondary N) is 4. The predicted molar refractivity (Wildman–Crippen MR) is 137 cm³/mol. The molecule has 0 radical (unpaired) electrons. The second-order valence-electron chi connectivity index (χ2n) is 9.72. The summed E-state index contributed by atoms with van der Waals surface area (Å²) >= 11 is 5.75. The van der Waals surface area contributed by atoms with Crippen LogP contribution < -0.4 is 21.3 Å². The van der Waals surface area contributed by atoms with Crippen LogP contribution in [0.2, 0.25) is 0 Å². The quantitative estimate of drug-likeness (QED) is 0.489. The van der Waals surface area contributed by atoms with Gasteiger partial charge in [-0.15, -0.1) is 0 Å². The molecule has 0 spiro atoms. The number of nitrogens with zero attached hydrogens (tertiary/aromatic N) is 2. The zero-order valence-electron chi connectivity index (χ0n) is 19.7. The van der Waals surface area contributed by atoms with E-state index >= 15 is 0 Å². The number of guanidine groups is 1. The average molecular weight is 455 g/mol. The van der Waals surface area contributed by atoms with Gasteiger partial charge >= 0.3 is 0 Å². The minimum atomic E-state index is -0.00788. The Kier molecular flexibility index (Phi) is 7.48. The molecule has 1 aliphatic carbocycles. The van der Waals surface area contributed by atoms with Crippen molar-refractivity contribution in [3.63, 3.8) is 0 Å². The molecule has 3 aliphatic rings. The fourth-order valence-electron chi connectivity index (χ4n) is 4.82. The fraction of sp³-hybridized carbons (Fsp3) is 0.600. The third kappa shape index (κ3) is 5.69. The number of fused-ring (bicyclic) bond motifs is 6. The van der Waals surface area contributed by atoms with Crippen molar-refractivity contribution in [3.05, 3.63) is 47.2 Å². The monoisotopic (exact) mass is 454 g/mol. The van der Waals surface area contributed by atoms with Gasteiger partial charge in [-0.05, 0) is 55.8 Å². The highest BCUT2D eigenvalue weighted by molar-refractivity contribution is 7.80. The maximum Gasteiger partial charge on any atom is 0.198 e. The highest BCUT2D eigenvalue weighted by Gasteiger charge is 2.34. The minimum absolute atomic E-state index is 0.00788. The molecule has 0 aromatic heterocycles. The Morgan fingerprint density at radius 1 is 1.31 bits per heavy atom. The van der Waals surface area contributed by atoms with E-state index in [0.717, 1.165) is 56.4 Å². The molecule has 4 rings (SSSR count). The van der Waals surface area contributed by atoms with Crippen LogP contribution in [0.15, 0.2) is 41.0 Å². The lowest BCUT2D eigenvalue weighted by Crippen LogP contribution is -2.52. The van der Waals surface area contributed by atoms with E-state index < -0.39 is 0 Å². The molecule has 7 heteroatoms. The van der Waals surface area contributed by atoms with E-state index in [1.165, 1.54) is 23.2 Å². The number of benzene rings is 1. The van der Waals surface area contributed by atoms with Gasteiger partial charge in [-0.3, -0.25) is 10.2 Å². The third-order valence-electron chi connectivity index (χ3n) is 7.03. The Labute approximate surface area is 198 Å². The normalized spacial score (nSPS) is 29.9. The first-order chi connectivity index (χ1) is 15.4. The van der Waals surface area contributed by atoms with E-state index in [-0.39, 0.29) is 11.6 Å². The first-order valence-electron chi connectivity index (χ1n) is 12.1. The van der Waals surface area contributed by atoms with E-state index in [1.807, 2.05) is 0 Å². The van der Waals surface area contributed by atoms with Crippen molar-refractivity contribution in [3.8, 4) is 0 Å². The zero-order valence-corrected chi connectivity index (χ0v) is 20.5. The van der Waals surface area contributed by atoms with Gasteiger partial charge in [0.05, 0.1) is 11.7 Å². The molecular formula is C25H38N6S. The molecule has 2 aliphatic heterocycles. The summed E-state index contributed by atoms with van der Waals surface area (Å²) in [6.07, 6.45) is 6.94. The molecule has 3 unspecified atom stereocenters. The maximum absolute atomic E-state index is 5.75. The van der Waals surface area contributed by atoms with E-state index in [0.29, 0.717) is 12.6 Å². The Morgan fingerprint density at radius 2 is 2.19 bits per heavy atom. The van der Waals surface area contributed by atoms with Crippen LogP contribution in [0.3, 0.4) is 0 Å². The number of aliphatic imine (C=N–C) groups is 1. The van der Waals surface area contributed by atoms with Crippen molar-refractivity contribution < 1.29 is 0 Å². The summed E-state index contributed by atoms with van der Waals surface area (Å²) in [5.74, 6) is 1.40. The van der Waals surface area contributed by atoms with Gasteiger partial charge < -0.3 is 16.0 Å². The van der Waals surface area contributed by atoms with Crippen LogP contribution in [0, 0.1) is 11.3 Å². The van der Waals surface area contributed by atoms with Crippen molar-refractivity contribution in [1.82, 2.24) is 26.2 Å². The smallest absolute Gasteiger partial charge is 0.198 e. The lowest BCUT2D eigenvalue weighted by molar-refractivity contribution is 0.293. The summed E-state index contributed by atoms with van der Waals surface area (Å²) in [7, 11) is 0. The van der Waals surface area contributed by atoms with Crippen molar-refractivity contribution in [2.75, 3.05) is 32.8 Å². The molecule has 3 atom stereocenters. The van der Waals surface area contributed by atoms with Crippen LogP contribution in [-0.2, 0) is 6.42 Å². The SMILES string of the molecule is CCN1CCCc2cccc(c2)C2NCN=C(NC3=CC(C)CCC3(C)CNC(=S)C1)N2. The van der Waals surface area contributed by atoms with Gasteiger partial charge in [-0.25, -0.2) is 4.99 Å². The van der Waals surface area contributed by atoms with Gasteiger partial charge in [0.25, 0.3) is 0 Å². The first kappa shape index (κ1) is 23.2. The summed E-state index contributed by atoms with van der Waals surface area (Å²) in [5.41, 5.74) is 3.86. The van der Waals surface area contributed by atoms with Crippen molar-refractivity contribution in [2.24, 2.45) is 16.3 Å². The Bertz CT molecular complexity index is 881. The maximum atomic E-state index is 5.75. The molecular weight excluding hydrogens is 416 g/mol. The number of rotatable bonds is 1. The van der Waals surface area contributed by atoms with E-state index in [2.05, 4.69) is 82.3 Å². The van der Waals surface area contributed by atoms with Crippen molar-refractivity contribution >= 4 is 23.2 Å². The van der Waals surface area contributed by atoms with E-state index in [9.17, 15) is 0 Å². The van der Waals surface area contributed by atoms with Crippen LogP contribution in [0.25, 0.3) is 0 Å². The molecule has 2 heterocycles. The molecule has 1 aromatic rings. The molecule has 6 nitrogen and oxygen atoms in total. The molecule has 0 saturated carbocycles. The van der Waals surface area contributed by atoms with Crippen LogP contribution in [0.4, 0.5) is 0 Å². The lowest BCUT2D eigenvalue weighted by atomic mass is 9.74. The summed E-state index contributed by atoms with van der Waals surface area (Å²) in [4.78, 5) is 8.07. The number of hydrogen-bond acceptors (Lipinski definition) is 6. The number of likely N-dealkylation sites (N-methyl/N-ethyl adjacent to an activating group) is 1. The van der Waals surface area contributed by atoms with Crippen LogP contribution in [-0.4, -0.2) is 48.7 Å². The second kappa shape index (κ2) is 10.3. The molecule has 32 heavy (non-hydrogen) atoms. The molecule has 1 aromatic carbocycles. The Morgan fingerprint density at radius 3 is 3.03 bits per heavy atom. The summed E-state index contributed by atoms with van der Waals surface area (Å²) < 4.78 is 0. The van der Waals surface area contributed by atoms with Gasteiger partial charge in [0.1, 0.15) is 6.17 Å². The second-order valence-corrected chi connectivity index (χ2v) is 10.2. The van der Waals surface area contributed by atoms with Crippen LogP contribution in [0.1, 0.15) is 57.3 Å². The number of aryl methyl sites for hydroxylation is 1. The van der Waals surface area contributed by atoms with Gasteiger partial charge in [0, 0.05) is 24.2 Å². The van der Waals surface area contributed by atoms with Crippen molar-refractivity contribution in [2.45, 2.75) is 52.6 Å². The fourth-order valence-corrected chi connectivity index (χ4v) is 5.07. The molecule has 0 amide bonds. The molecule has 0 fully saturated rings. The molecule has 4 N–H and O–H groups in total. The highest BCUT2D eigenvalue weighted by Crippen LogP contribution is 2.37. The topological polar surface area (TPSA) is 63.7 Å². The minimum Gasteiger partial charge on any atom is -0.378 e. The number of hydrogen-bond donors (Lipinski definition) is 4. The molecule has 0 saturated heterocycles. The van der Waals surface area contributed by atoms with Gasteiger partial charge in [0.15, 0.2) is 5.96 Å². The van der Waals surface area contributed by atoms with Gasteiger partial charge in [-0.1, -0.05) is 63.3 Å². The standard InChI is InChI=1S/C25H38N6S/c1-4-31-12-6-8-19-7-5-9-20(14-19)23-27-17-28-24(30-23)29-21-13-18(2)10-11-25(21,3)16-26-22(32)15-31/h5,7,9,13-14,18,23,27H,4,6,8,10-12,15-17H2,1-3H3,(H,26,32)(H2,28,29,30). The van der Waals surface area contributed by atoms with Gasteiger partial charge in [0.2, 0.25) is 0 Å². The summed E-state index contributed by atoms with van der Waals surface area (Å²) in [6.45, 7) is 11.2. The largest absolute Gasteiger partial charge is 0.378 e. The van der Waals surface area contributed by atoms with Gasteiger partial charge in [-0.2, -0.15) is 0 Å². The summed E-state index contributed by atoms with van der Waals surface area (Å²) in [5, 5.41) is 14.3. The Hall–Kier alpha value is -1.96. The van der Waals surface area contributed by atoms with Crippen LogP contribution in [0.5, 0.6) is 0 Å². The third-order valence-corrected chi connectivity index (χ3v) is 7.31. The number of allylic oxidation sites excluding steroid dienone is 1. The molecule has 4 bridgehead atoms. The first-order valence-corrected chi connectivity index (χ1v) is 12.5. The van der Waals surface area contributed by atoms with Crippen LogP contribution >= 0.6 is 12.2 Å². The average Bonchev–Trinajstić information content (AvgIpc) is 2.80.